The van der Waals surface area contributed by atoms with Crippen LogP contribution in [0.5, 0.6) is 5.75 Å². The van der Waals surface area contributed by atoms with E-state index in [4.69, 9.17) is 4.74 Å². The maximum atomic E-state index is 13.4. The molecule has 3 aromatic carbocycles. The number of hydrogen-bond donors (Lipinski definition) is 1. The van der Waals surface area contributed by atoms with Gasteiger partial charge >= 0.3 is 0 Å². The van der Waals surface area contributed by atoms with Gasteiger partial charge in [0.1, 0.15) is 5.75 Å². The molecule has 0 saturated carbocycles. The van der Waals surface area contributed by atoms with Crippen molar-refractivity contribution < 1.29 is 13.2 Å². The third-order valence-electron chi connectivity index (χ3n) is 4.42. The van der Waals surface area contributed by atoms with Crippen molar-refractivity contribution in [3.63, 3.8) is 0 Å². The standard InChI is InChI=1S/C19H18N2O3S/c1-24-15-9-10-18-17(13-15)20-11-12-21(18)25(22,23)19-8-4-6-14-5-2-3-7-16(14)19/h2-10,13,20H,11-12H2,1H3. The molecule has 1 aliphatic rings. The molecule has 25 heavy (non-hydrogen) atoms. The second kappa shape index (κ2) is 5.97. The minimum Gasteiger partial charge on any atom is -0.497 e. The summed E-state index contributed by atoms with van der Waals surface area (Å²) in [6.07, 6.45) is 0. The van der Waals surface area contributed by atoms with Crippen molar-refractivity contribution in [1.82, 2.24) is 0 Å². The van der Waals surface area contributed by atoms with E-state index in [9.17, 15) is 8.42 Å². The molecule has 0 unspecified atom stereocenters. The predicted octanol–water partition coefficient (Wildman–Crippen LogP) is 3.47. The molecule has 0 aromatic heterocycles. The summed E-state index contributed by atoms with van der Waals surface area (Å²) >= 11 is 0. The van der Waals surface area contributed by atoms with Crippen LogP contribution < -0.4 is 14.4 Å². The zero-order valence-electron chi connectivity index (χ0n) is 13.8. The number of hydrogen-bond acceptors (Lipinski definition) is 4. The summed E-state index contributed by atoms with van der Waals surface area (Å²) in [5, 5.41) is 4.89. The van der Waals surface area contributed by atoms with Crippen LogP contribution in [0.1, 0.15) is 0 Å². The lowest BCUT2D eigenvalue weighted by molar-refractivity contribution is 0.415. The third kappa shape index (κ3) is 2.59. The number of nitrogens with zero attached hydrogens (tertiary/aromatic N) is 1. The van der Waals surface area contributed by atoms with Gasteiger partial charge in [0, 0.05) is 18.0 Å². The summed E-state index contributed by atoms with van der Waals surface area (Å²) < 4.78 is 33.5. The first-order valence-corrected chi connectivity index (χ1v) is 9.48. The van der Waals surface area contributed by atoms with Crippen LogP contribution in [0.2, 0.25) is 0 Å². The van der Waals surface area contributed by atoms with Gasteiger partial charge in [0.05, 0.1) is 29.9 Å². The summed E-state index contributed by atoms with van der Waals surface area (Å²) in [5.41, 5.74) is 1.40. The number of rotatable bonds is 3. The summed E-state index contributed by atoms with van der Waals surface area (Å²) in [4.78, 5) is 0.328. The van der Waals surface area contributed by atoms with Crippen molar-refractivity contribution in [2.75, 3.05) is 29.8 Å². The van der Waals surface area contributed by atoms with Crippen LogP contribution in [0.15, 0.2) is 65.6 Å². The van der Waals surface area contributed by atoms with Crippen molar-refractivity contribution in [2.24, 2.45) is 0 Å². The van der Waals surface area contributed by atoms with Gasteiger partial charge in [0.2, 0.25) is 0 Å². The quantitative estimate of drug-likeness (QED) is 0.782. The first-order valence-electron chi connectivity index (χ1n) is 8.04. The molecule has 0 atom stereocenters. The van der Waals surface area contributed by atoms with E-state index >= 15 is 0 Å². The average Bonchev–Trinajstić information content (AvgIpc) is 2.66. The fourth-order valence-electron chi connectivity index (χ4n) is 3.20. The van der Waals surface area contributed by atoms with Gasteiger partial charge < -0.3 is 10.1 Å². The fraction of sp³-hybridized carbons (Fsp3) is 0.158. The molecule has 0 saturated heterocycles. The lowest BCUT2D eigenvalue weighted by Crippen LogP contribution is -2.38. The molecule has 128 valence electrons. The van der Waals surface area contributed by atoms with Crippen LogP contribution in [0.4, 0.5) is 11.4 Å². The molecule has 0 fully saturated rings. The molecular formula is C19H18N2O3S. The van der Waals surface area contributed by atoms with Gasteiger partial charge in [0.15, 0.2) is 0 Å². The SMILES string of the molecule is COc1ccc2c(c1)NCCN2S(=O)(=O)c1cccc2ccccc12. The highest BCUT2D eigenvalue weighted by Crippen LogP contribution is 2.37. The second-order valence-electron chi connectivity index (χ2n) is 5.86. The maximum absolute atomic E-state index is 13.4. The third-order valence-corrected chi connectivity index (χ3v) is 6.29. The van der Waals surface area contributed by atoms with E-state index in [1.165, 1.54) is 4.31 Å². The highest BCUT2D eigenvalue weighted by atomic mass is 32.2. The lowest BCUT2D eigenvalue weighted by Gasteiger charge is -2.31. The molecule has 1 N–H and O–H groups in total. The van der Waals surface area contributed by atoms with Gasteiger partial charge in [-0.25, -0.2) is 8.42 Å². The Morgan fingerprint density at radius 2 is 1.84 bits per heavy atom. The molecule has 6 heteroatoms. The van der Waals surface area contributed by atoms with E-state index in [-0.39, 0.29) is 0 Å². The smallest absolute Gasteiger partial charge is 0.265 e. The zero-order chi connectivity index (χ0) is 17.4. The molecule has 4 rings (SSSR count). The summed E-state index contributed by atoms with van der Waals surface area (Å²) in [5.74, 6) is 0.690. The Labute approximate surface area is 146 Å². The molecule has 5 nitrogen and oxygen atoms in total. The minimum atomic E-state index is -3.67. The Morgan fingerprint density at radius 1 is 1.04 bits per heavy atom. The van der Waals surface area contributed by atoms with Crippen LogP contribution >= 0.6 is 0 Å². The fourth-order valence-corrected chi connectivity index (χ4v) is 4.90. The highest BCUT2D eigenvalue weighted by Gasteiger charge is 2.30. The van der Waals surface area contributed by atoms with Crippen molar-refractivity contribution in [2.45, 2.75) is 4.90 Å². The van der Waals surface area contributed by atoms with E-state index in [1.54, 1.807) is 31.4 Å². The number of nitrogens with one attached hydrogen (secondary N) is 1. The Bertz CT molecular complexity index is 1040. The number of sulfonamides is 1. The first kappa shape index (κ1) is 15.8. The largest absolute Gasteiger partial charge is 0.497 e. The molecule has 0 radical (unpaired) electrons. The van der Waals surface area contributed by atoms with Crippen LogP contribution in [-0.4, -0.2) is 28.6 Å². The van der Waals surface area contributed by atoms with Gasteiger partial charge in [-0.1, -0.05) is 36.4 Å². The van der Waals surface area contributed by atoms with Gasteiger partial charge in [-0.2, -0.15) is 0 Å². The molecule has 1 aliphatic heterocycles. The topological polar surface area (TPSA) is 58.6 Å². The monoisotopic (exact) mass is 354 g/mol. The van der Waals surface area contributed by atoms with E-state index in [1.807, 2.05) is 36.4 Å². The molecule has 0 aliphatic carbocycles. The molecule has 0 amide bonds. The second-order valence-corrected chi connectivity index (χ2v) is 7.70. The normalized spacial score (nSPS) is 14.0. The van der Waals surface area contributed by atoms with Gasteiger partial charge in [0.25, 0.3) is 10.0 Å². The number of ether oxygens (including phenoxy) is 1. The van der Waals surface area contributed by atoms with E-state index in [0.29, 0.717) is 29.4 Å². The lowest BCUT2D eigenvalue weighted by atomic mass is 10.1. The van der Waals surface area contributed by atoms with Crippen LogP contribution in [0, 0.1) is 0 Å². The zero-order valence-corrected chi connectivity index (χ0v) is 14.6. The Balaban J connectivity index is 1.87. The van der Waals surface area contributed by atoms with Gasteiger partial charge in [-0.15, -0.1) is 0 Å². The maximum Gasteiger partial charge on any atom is 0.265 e. The van der Waals surface area contributed by atoms with E-state index < -0.39 is 10.0 Å². The molecule has 0 bridgehead atoms. The Hall–Kier alpha value is -2.73. The molecule has 1 heterocycles. The van der Waals surface area contributed by atoms with Crippen LogP contribution in [0.3, 0.4) is 0 Å². The minimum absolute atomic E-state index is 0.328. The molecule has 3 aromatic rings. The summed E-state index contributed by atoms with van der Waals surface area (Å²) in [6.45, 7) is 0.926. The van der Waals surface area contributed by atoms with E-state index in [0.717, 1.165) is 16.5 Å². The van der Waals surface area contributed by atoms with Gasteiger partial charge in [-0.3, -0.25) is 4.31 Å². The van der Waals surface area contributed by atoms with Gasteiger partial charge in [-0.05, 0) is 23.6 Å². The Morgan fingerprint density at radius 3 is 2.68 bits per heavy atom. The molecular weight excluding hydrogens is 336 g/mol. The number of fused-ring (bicyclic) bond motifs is 2. The number of anilines is 2. The first-order chi connectivity index (χ1) is 12.1. The van der Waals surface area contributed by atoms with Crippen molar-refractivity contribution >= 4 is 32.2 Å². The highest BCUT2D eigenvalue weighted by molar-refractivity contribution is 7.93. The number of methoxy groups -OCH3 is 1. The van der Waals surface area contributed by atoms with Crippen LogP contribution in [0.25, 0.3) is 10.8 Å². The van der Waals surface area contributed by atoms with E-state index in [2.05, 4.69) is 5.32 Å². The molecule has 0 spiro atoms. The van der Waals surface area contributed by atoms with Crippen molar-refractivity contribution in [3.8, 4) is 5.75 Å². The summed E-state index contributed by atoms with van der Waals surface area (Å²) in [6, 6.07) is 18.3. The van der Waals surface area contributed by atoms with Crippen molar-refractivity contribution in [3.05, 3.63) is 60.7 Å². The van der Waals surface area contributed by atoms with Crippen molar-refractivity contribution in [1.29, 1.82) is 0 Å². The Kier molecular flexibility index (Phi) is 3.77. The average molecular weight is 354 g/mol. The summed E-state index contributed by atoms with van der Waals surface area (Å²) in [7, 11) is -2.08. The predicted molar refractivity (Wildman–Crippen MR) is 100.0 cm³/mol. The van der Waals surface area contributed by atoms with Crippen LogP contribution in [-0.2, 0) is 10.0 Å². The number of benzene rings is 3.